The van der Waals surface area contributed by atoms with Crippen LogP contribution in [0.15, 0.2) is 36.4 Å². The summed E-state index contributed by atoms with van der Waals surface area (Å²) in [6.07, 6.45) is 1.07. The number of rotatable bonds is 2. The summed E-state index contributed by atoms with van der Waals surface area (Å²) in [5.41, 5.74) is 7.04. The van der Waals surface area contributed by atoms with E-state index in [1.165, 1.54) is 22.0 Å². The van der Waals surface area contributed by atoms with E-state index in [9.17, 15) is 0 Å². The lowest BCUT2D eigenvalue weighted by atomic mass is 10.1. The van der Waals surface area contributed by atoms with Crippen LogP contribution in [0.1, 0.15) is 23.7 Å². The number of benzene rings is 1. The quantitative estimate of drug-likeness (QED) is 0.717. The van der Waals surface area contributed by atoms with Crippen molar-refractivity contribution in [3.05, 3.63) is 53.2 Å². The fourth-order valence-electron chi connectivity index (χ4n) is 2.53. The van der Waals surface area contributed by atoms with E-state index in [0.717, 1.165) is 23.5 Å². The van der Waals surface area contributed by atoms with Gasteiger partial charge in [0, 0.05) is 16.6 Å². The first kappa shape index (κ1) is 12.0. The standard InChI is InChI=1S/C17H18N2/c1-4-13-8-9-15-14(10-13)12(3)17(19-15)16-7-5-6-11(2)18-16/h5-10,19H,4H2,1-3H3. The van der Waals surface area contributed by atoms with Crippen molar-refractivity contribution in [3.63, 3.8) is 0 Å². The van der Waals surface area contributed by atoms with E-state index in [1.807, 2.05) is 13.0 Å². The fourth-order valence-corrected chi connectivity index (χ4v) is 2.53. The fraction of sp³-hybridized carbons (Fsp3) is 0.235. The van der Waals surface area contributed by atoms with E-state index in [4.69, 9.17) is 0 Å². The predicted molar refractivity (Wildman–Crippen MR) is 80.4 cm³/mol. The molecule has 0 aliphatic rings. The van der Waals surface area contributed by atoms with Gasteiger partial charge in [-0.05, 0) is 55.7 Å². The number of fused-ring (bicyclic) bond motifs is 1. The van der Waals surface area contributed by atoms with Gasteiger partial charge < -0.3 is 4.98 Å². The molecule has 0 aliphatic carbocycles. The highest BCUT2D eigenvalue weighted by Gasteiger charge is 2.10. The average molecular weight is 250 g/mol. The van der Waals surface area contributed by atoms with E-state index in [-0.39, 0.29) is 0 Å². The van der Waals surface area contributed by atoms with Crippen LogP contribution >= 0.6 is 0 Å². The molecule has 2 heterocycles. The summed E-state index contributed by atoms with van der Waals surface area (Å²) in [6.45, 7) is 6.38. The topological polar surface area (TPSA) is 28.7 Å². The first-order valence-electron chi connectivity index (χ1n) is 6.74. The van der Waals surface area contributed by atoms with Crippen molar-refractivity contribution in [2.45, 2.75) is 27.2 Å². The van der Waals surface area contributed by atoms with Gasteiger partial charge in [-0.15, -0.1) is 0 Å². The highest BCUT2D eigenvalue weighted by atomic mass is 14.8. The molecule has 19 heavy (non-hydrogen) atoms. The van der Waals surface area contributed by atoms with Crippen molar-refractivity contribution in [1.82, 2.24) is 9.97 Å². The highest BCUT2D eigenvalue weighted by molar-refractivity contribution is 5.90. The zero-order chi connectivity index (χ0) is 13.4. The van der Waals surface area contributed by atoms with Gasteiger partial charge in [0.1, 0.15) is 0 Å². The number of H-pyrrole nitrogens is 1. The van der Waals surface area contributed by atoms with E-state index >= 15 is 0 Å². The Morgan fingerprint density at radius 3 is 2.68 bits per heavy atom. The molecule has 0 saturated heterocycles. The Hall–Kier alpha value is -2.09. The number of aromatic nitrogens is 2. The van der Waals surface area contributed by atoms with Gasteiger partial charge in [-0.25, -0.2) is 0 Å². The summed E-state index contributed by atoms with van der Waals surface area (Å²) >= 11 is 0. The molecule has 0 amide bonds. The van der Waals surface area contributed by atoms with Crippen molar-refractivity contribution in [1.29, 1.82) is 0 Å². The third-order valence-electron chi connectivity index (χ3n) is 3.68. The van der Waals surface area contributed by atoms with Gasteiger partial charge in [0.05, 0.1) is 11.4 Å². The zero-order valence-electron chi connectivity index (χ0n) is 11.6. The van der Waals surface area contributed by atoms with E-state index in [1.54, 1.807) is 0 Å². The molecule has 1 N–H and O–H groups in total. The molecule has 0 aliphatic heterocycles. The minimum atomic E-state index is 1.02. The Morgan fingerprint density at radius 1 is 1.11 bits per heavy atom. The van der Waals surface area contributed by atoms with Crippen LogP contribution in [0.4, 0.5) is 0 Å². The van der Waals surface area contributed by atoms with E-state index in [2.05, 4.69) is 54.1 Å². The van der Waals surface area contributed by atoms with Crippen LogP contribution in [0.5, 0.6) is 0 Å². The van der Waals surface area contributed by atoms with Crippen LogP contribution in [0, 0.1) is 13.8 Å². The predicted octanol–water partition coefficient (Wildman–Crippen LogP) is 4.41. The maximum Gasteiger partial charge on any atom is 0.0870 e. The number of aromatic amines is 1. The number of pyridine rings is 1. The molecule has 0 bridgehead atoms. The number of hydrogen-bond donors (Lipinski definition) is 1. The van der Waals surface area contributed by atoms with Crippen molar-refractivity contribution in [2.75, 3.05) is 0 Å². The van der Waals surface area contributed by atoms with Gasteiger partial charge in [-0.1, -0.05) is 19.1 Å². The first-order valence-corrected chi connectivity index (χ1v) is 6.74. The van der Waals surface area contributed by atoms with Gasteiger partial charge in [0.2, 0.25) is 0 Å². The van der Waals surface area contributed by atoms with Gasteiger partial charge in [0.25, 0.3) is 0 Å². The smallest absolute Gasteiger partial charge is 0.0870 e. The summed E-state index contributed by atoms with van der Waals surface area (Å²) in [6, 6.07) is 12.8. The summed E-state index contributed by atoms with van der Waals surface area (Å²) in [7, 11) is 0. The Balaban J connectivity index is 2.22. The zero-order valence-corrected chi connectivity index (χ0v) is 11.6. The number of nitrogens with one attached hydrogen (secondary N) is 1. The Labute approximate surface area is 113 Å². The molecule has 0 radical (unpaired) electrons. The molecule has 0 spiro atoms. The van der Waals surface area contributed by atoms with Gasteiger partial charge in [-0.3, -0.25) is 4.98 Å². The summed E-state index contributed by atoms with van der Waals surface area (Å²) in [4.78, 5) is 8.11. The van der Waals surface area contributed by atoms with Crippen LogP contribution in [0.3, 0.4) is 0 Å². The molecule has 0 atom stereocenters. The second kappa shape index (κ2) is 4.54. The first-order chi connectivity index (χ1) is 9.19. The third-order valence-corrected chi connectivity index (χ3v) is 3.68. The summed E-state index contributed by atoms with van der Waals surface area (Å²) in [5.74, 6) is 0. The highest BCUT2D eigenvalue weighted by Crippen LogP contribution is 2.29. The molecule has 1 aromatic carbocycles. The van der Waals surface area contributed by atoms with Gasteiger partial charge >= 0.3 is 0 Å². The molecule has 3 rings (SSSR count). The Bertz CT molecular complexity index is 738. The lowest BCUT2D eigenvalue weighted by Crippen LogP contribution is -1.87. The van der Waals surface area contributed by atoms with Crippen molar-refractivity contribution >= 4 is 10.9 Å². The molecule has 2 aromatic heterocycles. The second-order valence-corrected chi connectivity index (χ2v) is 5.02. The number of aryl methyl sites for hydroxylation is 3. The SMILES string of the molecule is CCc1ccc2[nH]c(-c3cccc(C)n3)c(C)c2c1. The maximum absolute atomic E-state index is 4.61. The lowest BCUT2D eigenvalue weighted by molar-refractivity contribution is 1.15. The van der Waals surface area contributed by atoms with Crippen LogP contribution in [0.25, 0.3) is 22.3 Å². The third kappa shape index (κ3) is 2.03. The normalized spacial score (nSPS) is 11.1. The molecule has 2 nitrogen and oxygen atoms in total. The van der Waals surface area contributed by atoms with Crippen molar-refractivity contribution in [2.24, 2.45) is 0 Å². The van der Waals surface area contributed by atoms with Crippen LogP contribution in [-0.4, -0.2) is 9.97 Å². The lowest BCUT2D eigenvalue weighted by Gasteiger charge is -2.00. The van der Waals surface area contributed by atoms with Crippen molar-refractivity contribution in [3.8, 4) is 11.4 Å². The van der Waals surface area contributed by atoms with E-state index < -0.39 is 0 Å². The minimum Gasteiger partial charge on any atom is -0.353 e. The molecule has 0 saturated carbocycles. The largest absolute Gasteiger partial charge is 0.353 e. The average Bonchev–Trinajstić information content (AvgIpc) is 2.76. The molecule has 96 valence electrons. The maximum atomic E-state index is 4.61. The number of hydrogen-bond acceptors (Lipinski definition) is 1. The number of nitrogens with zero attached hydrogens (tertiary/aromatic N) is 1. The van der Waals surface area contributed by atoms with Crippen molar-refractivity contribution < 1.29 is 0 Å². The van der Waals surface area contributed by atoms with Gasteiger partial charge in [0.15, 0.2) is 0 Å². The van der Waals surface area contributed by atoms with Crippen LogP contribution in [0.2, 0.25) is 0 Å². The van der Waals surface area contributed by atoms with Crippen LogP contribution < -0.4 is 0 Å². The van der Waals surface area contributed by atoms with E-state index in [0.29, 0.717) is 0 Å². The summed E-state index contributed by atoms with van der Waals surface area (Å²) < 4.78 is 0. The molecule has 3 aromatic rings. The van der Waals surface area contributed by atoms with Gasteiger partial charge in [-0.2, -0.15) is 0 Å². The molecule has 2 heteroatoms. The molecule has 0 unspecified atom stereocenters. The minimum absolute atomic E-state index is 1.02. The molecule has 0 fully saturated rings. The Morgan fingerprint density at radius 2 is 1.95 bits per heavy atom. The molecular weight excluding hydrogens is 232 g/mol. The second-order valence-electron chi connectivity index (χ2n) is 5.02. The summed E-state index contributed by atoms with van der Waals surface area (Å²) in [5, 5.41) is 1.30. The monoisotopic (exact) mass is 250 g/mol. The van der Waals surface area contributed by atoms with Crippen LogP contribution in [-0.2, 0) is 6.42 Å². The molecular formula is C17H18N2. The Kier molecular flexibility index (Phi) is 2.86.